The maximum absolute atomic E-state index is 11.9. The van der Waals surface area contributed by atoms with Crippen molar-refractivity contribution >= 4 is 14.6 Å². The van der Waals surface area contributed by atoms with Gasteiger partial charge in [-0.15, -0.1) is 6.58 Å². The van der Waals surface area contributed by atoms with E-state index in [1.165, 1.54) is 62.1 Å². The number of aldehydes is 1. The zero-order chi connectivity index (χ0) is 20.9. The molecule has 0 aromatic heterocycles. The predicted octanol–water partition coefficient (Wildman–Crippen LogP) is 7.40. The first kappa shape index (κ1) is 23.9. The van der Waals surface area contributed by atoms with Crippen molar-refractivity contribution in [3.05, 3.63) is 12.2 Å². The van der Waals surface area contributed by atoms with Crippen molar-refractivity contribution in [2.24, 2.45) is 29.1 Å². The molecular formula is C25H46O2Si. The molecule has 2 aliphatic rings. The molecule has 0 aromatic rings. The summed E-state index contributed by atoms with van der Waals surface area (Å²) in [5, 5.41) is 0. The van der Waals surface area contributed by atoms with E-state index in [0.717, 1.165) is 12.8 Å². The van der Waals surface area contributed by atoms with Gasteiger partial charge in [0, 0.05) is 12.0 Å². The van der Waals surface area contributed by atoms with Crippen LogP contribution in [0.25, 0.3) is 0 Å². The summed E-state index contributed by atoms with van der Waals surface area (Å²) in [5.74, 6) is 1.99. The Balaban J connectivity index is 2.16. The number of carbonyl (C=O) groups excluding carboxylic acids is 1. The van der Waals surface area contributed by atoms with Crippen molar-refractivity contribution in [1.82, 2.24) is 0 Å². The van der Waals surface area contributed by atoms with Gasteiger partial charge >= 0.3 is 0 Å². The fraction of sp³-hybridized carbons (Fsp3) is 0.880. The minimum Gasteiger partial charge on any atom is -0.414 e. The molecule has 162 valence electrons. The Labute approximate surface area is 176 Å². The predicted molar refractivity (Wildman–Crippen MR) is 123 cm³/mol. The van der Waals surface area contributed by atoms with Crippen molar-refractivity contribution in [2.45, 2.75) is 111 Å². The van der Waals surface area contributed by atoms with E-state index in [0.29, 0.717) is 29.3 Å². The highest BCUT2D eigenvalue weighted by atomic mass is 28.4. The minimum atomic E-state index is -1.57. The highest BCUT2D eigenvalue weighted by Crippen LogP contribution is 2.59. The van der Waals surface area contributed by atoms with Crippen molar-refractivity contribution in [1.29, 1.82) is 0 Å². The molecule has 0 aromatic carbocycles. The van der Waals surface area contributed by atoms with Crippen LogP contribution in [0.2, 0.25) is 18.1 Å². The number of allylic oxidation sites excluding steroid dienone is 1. The highest BCUT2D eigenvalue weighted by molar-refractivity contribution is 6.73. The summed E-state index contributed by atoms with van der Waals surface area (Å²) in [6, 6.07) is 3.73. The third-order valence-electron chi connectivity index (χ3n) is 8.86. The Morgan fingerprint density at radius 1 is 1.21 bits per heavy atom. The molecule has 3 unspecified atom stereocenters. The van der Waals surface area contributed by atoms with Crippen LogP contribution in [0.1, 0.15) is 86.5 Å². The summed E-state index contributed by atoms with van der Waals surface area (Å²) in [4.78, 5) is 11.9. The summed E-state index contributed by atoms with van der Waals surface area (Å²) in [5.41, 5.74) is 1.54. The van der Waals surface area contributed by atoms with E-state index in [9.17, 15) is 4.79 Å². The SMILES string of the molecule is C=C(C)CCC(C=O)[C@H](C)C1CCC2[C@@H](O[Si](CC)(CC)CC)CCC[C@]12C. The summed E-state index contributed by atoms with van der Waals surface area (Å²) in [6.45, 7) is 18.0. The van der Waals surface area contributed by atoms with Crippen LogP contribution in [0.3, 0.4) is 0 Å². The summed E-state index contributed by atoms with van der Waals surface area (Å²) >= 11 is 0. The van der Waals surface area contributed by atoms with Crippen molar-refractivity contribution in [3.63, 3.8) is 0 Å². The molecule has 0 aliphatic heterocycles. The molecule has 2 fully saturated rings. The second kappa shape index (κ2) is 10.1. The van der Waals surface area contributed by atoms with E-state index >= 15 is 0 Å². The van der Waals surface area contributed by atoms with Crippen LogP contribution in [-0.4, -0.2) is 20.7 Å². The zero-order valence-electron chi connectivity index (χ0n) is 19.6. The first-order valence-corrected chi connectivity index (χ1v) is 14.6. The minimum absolute atomic E-state index is 0.175. The number of rotatable bonds is 11. The van der Waals surface area contributed by atoms with Crippen LogP contribution >= 0.6 is 0 Å². The van der Waals surface area contributed by atoms with Gasteiger partial charge in [0.1, 0.15) is 6.29 Å². The fourth-order valence-corrected chi connectivity index (χ4v) is 9.58. The molecule has 2 nitrogen and oxygen atoms in total. The third-order valence-corrected chi connectivity index (χ3v) is 13.5. The average molecular weight is 407 g/mol. The lowest BCUT2D eigenvalue weighted by Gasteiger charge is -2.49. The summed E-state index contributed by atoms with van der Waals surface area (Å²) in [7, 11) is -1.57. The van der Waals surface area contributed by atoms with Crippen LogP contribution < -0.4 is 0 Å². The standard InChI is InChI=1S/C25H46O2Si/c1-8-28(9-2,10-3)27-24-12-11-17-25(7)22(15-16-23(24)25)20(6)21(18-26)14-13-19(4)5/h18,20-24H,4,8-17H2,1-3,5-7H3/t20-,21?,22?,23?,24-,25+/m0/s1. The second-order valence-electron chi connectivity index (χ2n) is 10.2. The first-order valence-electron chi connectivity index (χ1n) is 12.0. The van der Waals surface area contributed by atoms with Gasteiger partial charge in [-0.2, -0.15) is 0 Å². The molecule has 28 heavy (non-hydrogen) atoms. The third kappa shape index (κ3) is 4.83. The van der Waals surface area contributed by atoms with Gasteiger partial charge in [-0.25, -0.2) is 0 Å². The maximum Gasteiger partial charge on any atom is 0.192 e. The molecule has 0 spiro atoms. The number of carbonyl (C=O) groups is 1. The lowest BCUT2D eigenvalue weighted by molar-refractivity contribution is -0.114. The molecule has 6 atom stereocenters. The molecule has 0 amide bonds. The van der Waals surface area contributed by atoms with Crippen LogP contribution in [0.15, 0.2) is 12.2 Å². The Kier molecular flexibility index (Phi) is 8.58. The van der Waals surface area contributed by atoms with Gasteiger partial charge in [-0.1, -0.05) is 46.6 Å². The molecular weight excluding hydrogens is 360 g/mol. The maximum atomic E-state index is 11.9. The van der Waals surface area contributed by atoms with Crippen LogP contribution in [-0.2, 0) is 9.22 Å². The smallest absolute Gasteiger partial charge is 0.192 e. The topological polar surface area (TPSA) is 26.3 Å². The number of hydrogen-bond acceptors (Lipinski definition) is 2. The van der Waals surface area contributed by atoms with E-state index in [4.69, 9.17) is 4.43 Å². The fourth-order valence-electron chi connectivity index (χ4n) is 6.65. The normalized spacial score (nSPS) is 32.6. The number of fused-ring (bicyclic) bond motifs is 1. The van der Waals surface area contributed by atoms with Gasteiger partial charge in [0.15, 0.2) is 8.32 Å². The molecule has 0 radical (unpaired) electrons. The Hall–Kier alpha value is -0.413. The highest BCUT2D eigenvalue weighted by Gasteiger charge is 2.54. The molecule has 0 bridgehead atoms. The number of hydrogen-bond donors (Lipinski definition) is 0. The average Bonchev–Trinajstić information content (AvgIpc) is 3.04. The lowest BCUT2D eigenvalue weighted by atomic mass is 9.60. The van der Waals surface area contributed by atoms with Gasteiger partial charge in [0.2, 0.25) is 0 Å². The van der Waals surface area contributed by atoms with E-state index in [1.807, 2.05) is 0 Å². The van der Waals surface area contributed by atoms with E-state index in [1.54, 1.807) is 0 Å². The van der Waals surface area contributed by atoms with Crippen LogP contribution in [0.4, 0.5) is 0 Å². The first-order chi connectivity index (χ1) is 13.3. The largest absolute Gasteiger partial charge is 0.414 e. The van der Waals surface area contributed by atoms with Gasteiger partial charge < -0.3 is 9.22 Å². The van der Waals surface area contributed by atoms with Gasteiger partial charge in [-0.05, 0) is 86.7 Å². The van der Waals surface area contributed by atoms with E-state index < -0.39 is 8.32 Å². The van der Waals surface area contributed by atoms with Crippen molar-refractivity contribution in [3.8, 4) is 0 Å². The molecule has 0 N–H and O–H groups in total. The quantitative estimate of drug-likeness (QED) is 0.203. The Morgan fingerprint density at radius 2 is 1.86 bits per heavy atom. The molecule has 2 aliphatic carbocycles. The van der Waals surface area contributed by atoms with Gasteiger partial charge in [0.25, 0.3) is 0 Å². The molecule has 0 heterocycles. The van der Waals surface area contributed by atoms with Crippen molar-refractivity contribution in [2.75, 3.05) is 0 Å². The molecule has 0 saturated heterocycles. The van der Waals surface area contributed by atoms with Gasteiger partial charge in [0.05, 0.1) is 0 Å². The van der Waals surface area contributed by atoms with Crippen LogP contribution in [0.5, 0.6) is 0 Å². The monoisotopic (exact) mass is 406 g/mol. The molecule has 3 heteroatoms. The lowest BCUT2D eigenvalue weighted by Crippen LogP contribution is -2.49. The summed E-state index contributed by atoms with van der Waals surface area (Å²) < 4.78 is 7.06. The molecule has 2 saturated carbocycles. The van der Waals surface area contributed by atoms with E-state index in [2.05, 4.69) is 48.1 Å². The van der Waals surface area contributed by atoms with Crippen molar-refractivity contribution < 1.29 is 9.22 Å². The summed E-state index contributed by atoms with van der Waals surface area (Å²) in [6.07, 6.45) is 10.1. The van der Waals surface area contributed by atoms with Gasteiger partial charge in [-0.3, -0.25) is 0 Å². The van der Waals surface area contributed by atoms with E-state index in [-0.39, 0.29) is 5.92 Å². The van der Waals surface area contributed by atoms with Crippen LogP contribution in [0, 0.1) is 29.1 Å². The molecule has 2 rings (SSSR count). The Bertz CT molecular complexity index is 518. The zero-order valence-corrected chi connectivity index (χ0v) is 20.6. The Morgan fingerprint density at radius 3 is 2.39 bits per heavy atom. The second-order valence-corrected chi connectivity index (χ2v) is 15.0.